The van der Waals surface area contributed by atoms with E-state index < -0.39 is 29.9 Å². The van der Waals surface area contributed by atoms with E-state index in [0.717, 1.165) is 12.3 Å². The second-order valence-corrected chi connectivity index (χ2v) is 3.59. The van der Waals surface area contributed by atoms with Crippen molar-refractivity contribution in [3.05, 3.63) is 29.6 Å². The third-order valence-corrected chi connectivity index (χ3v) is 2.19. The van der Waals surface area contributed by atoms with Crippen LogP contribution in [0, 0.1) is 0 Å². The molecule has 0 saturated heterocycles. The number of alkyl halides is 3. The number of hydrogen-bond acceptors (Lipinski definition) is 4. The zero-order chi connectivity index (χ0) is 14.6. The Morgan fingerprint density at radius 1 is 1.37 bits per heavy atom. The van der Waals surface area contributed by atoms with Crippen molar-refractivity contribution in [1.29, 1.82) is 0 Å². The molecule has 1 N–H and O–H groups in total. The van der Waals surface area contributed by atoms with Crippen LogP contribution in [0.4, 0.5) is 13.2 Å². The Labute approximate surface area is 106 Å². The van der Waals surface area contributed by atoms with Crippen molar-refractivity contribution >= 4 is 11.9 Å². The molecule has 1 aromatic rings. The molecule has 19 heavy (non-hydrogen) atoms. The van der Waals surface area contributed by atoms with Gasteiger partial charge in [-0.3, -0.25) is 9.78 Å². The zero-order valence-electron chi connectivity index (χ0n) is 10.1. The first kappa shape index (κ1) is 14.9. The second-order valence-electron chi connectivity index (χ2n) is 3.59. The Morgan fingerprint density at radius 2 is 2.00 bits per heavy atom. The van der Waals surface area contributed by atoms with Crippen molar-refractivity contribution in [1.82, 2.24) is 10.3 Å². The molecule has 0 aromatic carbocycles. The van der Waals surface area contributed by atoms with Crippen LogP contribution in [0.15, 0.2) is 18.3 Å². The maximum absolute atomic E-state index is 12.3. The highest BCUT2D eigenvalue weighted by Gasteiger charge is 2.32. The number of amides is 1. The van der Waals surface area contributed by atoms with Crippen LogP contribution >= 0.6 is 0 Å². The Balaban J connectivity index is 2.76. The Kier molecular flexibility index (Phi) is 4.47. The molecule has 0 radical (unpaired) electrons. The lowest BCUT2D eigenvalue weighted by Crippen LogP contribution is -2.33. The quantitative estimate of drug-likeness (QED) is 0.847. The molecule has 0 saturated carbocycles. The van der Waals surface area contributed by atoms with E-state index in [1.54, 1.807) is 0 Å². The number of halogens is 3. The van der Waals surface area contributed by atoms with Gasteiger partial charge in [-0.05, 0) is 19.1 Å². The van der Waals surface area contributed by atoms with Crippen LogP contribution in [0.3, 0.4) is 0 Å². The van der Waals surface area contributed by atoms with Gasteiger partial charge in [0.25, 0.3) is 5.91 Å². The molecule has 0 bridgehead atoms. The minimum atomic E-state index is -4.57. The lowest BCUT2D eigenvalue weighted by molar-refractivity contribution is -0.141. The van der Waals surface area contributed by atoms with Crippen molar-refractivity contribution < 1.29 is 27.5 Å². The van der Waals surface area contributed by atoms with Gasteiger partial charge in [0.1, 0.15) is 5.69 Å². The van der Waals surface area contributed by atoms with E-state index in [1.165, 1.54) is 14.0 Å². The molecule has 0 spiro atoms. The summed E-state index contributed by atoms with van der Waals surface area (Å²) in [5.41, 5.74) is -1.27. The van der Waals surface area contributed by atoms with Crippen molar-refractivity contribution in [2.24, 2.45) is 0 Å². The second kappa shape index (κ2) is 5.68. The molecule has 0 aliphatic rings. The minimum absolute atomic E-state index is 0.163. The third-order valence-electron chi connectivity index (χ3n) is 2.19. The van der Waals surface area contributed by atoms with Crippen molar-refractivity contribution in [3.63, 3.8) is 0 Å². The summed E-state index contributed by atoms with van der Waals surface area (Å²) in [6.07, 6.45) is -4.86. The number of nitrogens with one attached hydrogen (secondary N) is 1. The molecule has 5 nitrogen and oxygen atoms in total. The third kappa shape index (κ3) is 3.94. The van der Waals surface area contributed by atoms with E-state index in [4.69, 9.17) is 4.74 Å². The van der Waals surface area contributed by atoms with Crippen LogP contribution in [0.5, 0.6) is 0 Å². The highest BCUT2D eigenvalue weighted by atomic mass is 19.4. The smallest absolute Gasteiger partial charge is 0.433 e. The molecule has 1 amide bonds. The van der Waals surface area contributed by atoms with Gasteiger partial charge in [0, 0.05) is 13.2 Å². The van der Waals surface area contributed by atoms with Crippen LogP contribution in [0.25, 0.3) is 0 Å². The highest BCUT2D eigenvalue weighted by molar-refractivity contribution is 5.91. The fraction of sp³-hybridized carbons (Fsp3) is 0.364. The van der Waals surface area contributed by atoms with E-state index in [-0.39, 0.29) is 5.56 Å². The molecule has 0 unspecified atom stereocenters. The van der Waals surface area contributed by atoms with Gasteiger partial charge in [0.15, 0.2) is 6.10 Å². The maximum atomic E-state index is 12.3. The minimum Gasteiger partial charge on any atom is -0.449 e. The predicted octanol–water partition coefficient (Wildman–Crippen LogP) is 1.39. The van der Waals surface area contributed by atoms with Gasteiger partial charge in [0.05, 0.1) is 5.56 Å². The Hall–Kier alpha value is -2.12. The first-order valence-electron chi connectivity index (χ1n) is 5.21. The number of likely N-dealkylation sites (N-methyl/N-ethyl adjacent to an activating group) is 1. The van der Waals surface area contributed by atoms with E-state index in [1.807, 2.05) is 0 Å². The summed E-state index contributed by atoms with van der Waals surface area (Å²) in [6.45, 7) is 1.34. The number of aromatic nitrogens is 1. The van der Waals surface area contributed by atoms with Crippen LogP contribution in [0.2, 0.25) is 0 Å². The number of carbonyl (C=O) groups excluding carboxylic acids is 2. The summed E-state index contributed by atoms with van der Waals surface area (Å²) in [7, 11) is 1.37. The maximum Gasteiger partial charge on any atom is 0.433 e. The van der Waals surface area contributed by atoms with Crippen LogP contribution in [-0.2, 0) is 15.7 Å². The van der Waals surface area contributed by atoms with Gasteiger partial charge in [-0.15, -0.1) is 0 Å². The molecule has 1 atom stereocenters. The van der Waals surface area contributed by atoms with Gasteiger partial charge in [-0.25, -0.2) is 4.79 Å². The monoisotopic (exact) mass is 276 g/mol. The van der Waals surface area contributed by atoms with Crippen LogP contribution < -0.4 is 5.32 Å². The van der Waals surface area contributed by atoms with Crippen LogP contribution in [-0.4, -0.2) is 30.0 Å². The summed E-state index contributed by atoms with van der Waals surface area (Å²) in [6, 6.07) is 1.61. The molecule has 1 aromatic heterocycles. The van der Waals surface area contributed by atoms with E-state index in [0.29, 0.717) is 6.07 Å². The molecular formula is C11H11F3N2O3. The van der Waals surface area contributed by atoms with E-state index in [2.05, 4.69) is 10.3 Å². The summed E-state index contributed by atoms with van der Waals surface area (Å²) >= 11 is 0. The molecule has 1 heterocycles. The predicted molar refractivity (Wildman–Crippen MR) is 58.2 cm³/mol. The summed E-state index contributed by atoms with van der Waals surface area (Å²) in [5, 5.41) is 2.27. The summed E-state index contributed by atoms with van der Waals surface area (Å²) < 4.78 is 41.5. The number of pyridine rings is 1. The standard InChI is InChI=1S/C11H11F3N2O3/c1-6(9(17)15-2)19-10(18)7-3-4-8(16-5-7)11(12,13)14/h3-6H,1-2H3,(H,15,17)/t6-/m1/s1. The molecule has 104 valence electrons. The van der Waals surface area contributed by atoms with Gasteiger partial charge in [-0.2, -0.15) is 13.2 Å². The van der Waals surface area contributed by atoms with Gasteiger partial charge >= 0.3 is 12.1 Å². The molecule has 0 fully saturated rings. The molecule has 1 rings (SSSR count). The molecule has 0 aliphatic carbocycles. The first-order valence-corrected chi connectivity index (χ1v) is 5.21. The number of carbonyl (C=O) groups is 2. The lowest BCUT2D eigenvalue weighted by atomic mass is 10.2. The summed E-state index contributed by atoms with van der Waals surface area (Å²) in [5.74, 6) is -1.44. The average molecular weight is 276 g/mol. The number of nitrogens with zero attached hydrogens (tertiary/aromatic N) is 1. The Morgan fingerprint density at radius 3 is 2.42 bits per heavy atom. The largest absolute Gasteiger partial charge is 0.449 e. The van der Waals surface area contributed by atoms with Gasteiger partial charge in [-0.1, -0.05) is 0 Å². The first-order chi connectivity index (χ1) is 8.75. The number of esters is 1. The fourth-order valence-electron chi connectivity index (χ4n) is 1.17. The van der Waals surface area contributed by atoms with Crippen LogP contribution in [0.1, 0.15) is 23.0 Å². The molecule has 8 heteroatoms. The highest BCUT2D eigenvalue weighted by Crippen LogP contribution is 2.27. The lowest BCUT2D eigenvalue weighted by Gasteiger charge is -2.11. The van der Waals surface area contributed by atoms with Crippen molar-refractivity contribution in [3.8, 4) is 0 Å². The van der Waals surface area contributed by atoms with E-state index >= 15 is 0 Å². The van der Waals surface area contributed by atoms with Gasteiger partial charge in [0.2, 0.25) is 0 Å². The van der Waals surface area contributed by atoms with Crippen molar-refractivity contribution in [2.75, 3.05) is 7.05 Å². The number of ether oxygens (including phenoxy) is 1. The normalized spacial score (nSPS) is 12.7. The zero-order valence-corrected chi connectivity index (χ0v) is 10.1. The van der Waals surface area contributed by atoms with Crippen molar-refractivity contribution in [2.45, 2.75) is 19.2 Å². The number of hydrogen-bond donors (Lipinski definition) is 1. The molecule has 0 aliphatic heterocycles. The SMILES string of the molecule is CNC(=O)[C@@H](C)OC(=O)c1ccc(C(F)(F)F)nc1. The van der Waals surface area contributed by atoms with E-state index in [9.17, 15) is 22.8 Å². The average Bonchev–Trinajstić information content (AvgIpc) is 2.36. The van der Waals surface area contributed by atoms with Gasteiger partial charge < -0.3 is 10.1 Å². The fourth-order valence-corrected chi connectivity index (χ4v) is 1.17. The topological polar surface area (TPSA) is 68.3 Å². The number of rotatable bonds is 3. The summed E-state index contributed by atoms with van der Waals surface area (Å²) in [4.78, 5) is 25.7. The Bertz CT molecular complexity index is 471. The molecular weight excluding hydrogens is 265 g/mol.